The van der Waals surface area contributed by atoms with Crippen LogP contribution in [0.5, 0.6) is 5.75 Å². The van der Waals surface area contributed by atoms with Crippen molar-refractivity contribution in [3.63, 3.8) is 0 Å². The minimum absolute atomic E-state index is 0.0751. The zero-order valence-electron chi connectivity index (χ0n) is 14.1. The van der Waals surface area contributed by atoms with E-state index < -0.39 is 0 Å². The Bertz CT molecular complexity index is 705. The molecule has 1 heterocycles. The van der Waals surface area contributed by atoms with E-state index in [1.165, 1.54) is 24.9 Å². The molecule has 1 aliphatic heterocycles. The van der Waals surface area contributed by atoms with Gasteiger partial charge in [0, 0.05) is 30.0 Å². The number of amides is 1. The molecule has 0 aromatic heterocycles. The number of carbonyl (C=O) groups is 2. The van der Waals surface area contributed by atoms with Gasteiger partial charge >= 0.3 is 0 Å². The van der Waals surface area contributed by atoms with Crippen molar-refractivity contribution < 1.29 is 14.3 Å². The molecule has 0 aliphatic carbocycles. The highest BCUT2D eigenvalue weighted by Crippen LogP contribution is 2.21. The molecule has 1 N–H and O–H groups in total. The first-order valence-electron chi connectivity index (χ1n) is 8.57. The van der Waals surface area contributed by atoms with E-state index in [4.69, 9.17) is 4.74 Å². The predicted octanol–water partition coefficient (Wildman–Crippen LogP) is 3.51. The molecule has 0 bridgehead atoms. The third-order valence-corrected chi connectivity index (χ3v) is 4.26. The van der Waals surface area contributed by atoms with Gasteiger partial charge in [0.1, 0.15) is 12.0 Å². The van der Waals surface area contributed by atoms with Crippen LogP contribution in [0.15, 0.2) is 48.5 Å². The number of hydrogen-bond donors (Lipinski definition) is 1. The Kier molecular flexibility index (Phi) is 5.67. The average Bonchev–Trinajstić information content (AvgIpc) is 2.68. The SMILES string of the molecule is O=Cc1ccc(OCC(=O)Nc2ccc(N3CCCCC3)cc2)cc1. The summed E-state index contributed by atoms with van der Waals surface area (Å²) >= 11 is 0. The zero-order chi connectivity index (χ0) is 17.5. The van der Waals surface area contributed by atoms with Crippen molar-refractivity contribution in [2.45, 2.75) is 19.3 Å². The van der Waals surface area contributed by atoms with Crippen LogP contribution in [-0.2, 0) is 4.79 Å². The molecule has 0 spiro atoms. The topological polar surface area (TPSA) is 58.6 Å². The van der Waals surface area contributed by atoms with Gasteiger partial charge in [0.15, 0.2) is 6.61 Å². The van der Waals surface area contributed by atoms with Gasteiger partial charge in [-0.1, -0.05) is 0 Å². The molecule has 25 heavy (non-hydrogen) atoms. The van der Waals surface area contributed by atoms with E-state index in [9.17, 15) is 9.59 Å². The first-order valence-corrected chi connectivity index (χ1v) is 8.57. The van der Waals surface area contributed by atoms with E-state index >= 15 is 0 Å². The van der Waals surface area contributed by atoms with Gasteiger partial charge in [0.2, 0.25) is 0 Å². The summed E-state index contributed by atoms with van der Waals surface area (Å²) in [5.41, 5.74) is 2.53. The van der Waals surface area contributed by atoms with Crippen LogP contribution in [0.2, 0.25) is 0 Å². The first kappa shape index (κ1) is 17.0. The zero-order valence-corrected chi connectivity index (χ0v) is 14.1. The van der Waals surface area contributed by atoms with Crippen LogP contribution in [0.4, 0.5) is 11.4 Å². The van der Waals surface area contributed by atoms with Gasteiger partial charge in [-0.2, -0.15) is 0 Å². The fraction of sp³-hybridized carbons (Fsp3) is 0.300. The summed E-state index contributed by atoms with van der Waals surface area (Å²) in [6, 6.07) is 14.6. The molecule has 1 aliphatic rings. The Hall–Kier alpha value is -2.82. The number of rotatable bonds is 6. The van der Waals surface area contributed by atoms with Crippen molar-refractivity contribution in [1.29, 1.82) is 0 Å². The monoisotopic (exact) mass is 338 g/mol. The van der Waals surface area contributed by atoms with E-state index in [2.05, 4.69) is 10.2 Å². The second-order valence-electron chi connectivity index (χ2n) is 6.12. The van der Waals surface area contributed by atoms with Crippen LogP contribution >= 0.6 is 0 Å². The van der Waals surface area contributed by atoms with Crippen LogP contribution in [0.25, 0.3) is 0 Å². The molecule has 0 atom stereocenters. The summed E-state index contributed by atoms with van der Waals surface area (Å²) in [7, 11) is 0. The Morgan fingerprint density at radius 3 is 2.32 bits per heavy atom. The van der Waals surface area contributed by atoms with Crippen LogP contribution < -0.4 is 15.0 Å². The lowest BCUT2D eigenvalue weighted by molar-refractivity contribution is -0.118. The molecule has 5 nitrogen and oxygen atoms in total. The van der Waals surface area contributed by atoms with Gasteiger partial charge in [-0.15, -0.1) is 0 Å². The summed E-state index contributed by atoms with van der Waals surface area (Å²) in [6.07, 6.45) is 4.56. The van der Waals surface area contributed by atoms with Gasteiger partial charge in [-0.05, 0) is 67.8 Å². The van der Waals surface area contributed by atoms with Crippen LogP contribution in [0.3, 0.4) is 0 Å². The minimum atomic E-state index is -0.217. The average molecular weight is 338 g/mol. The summed E-state index contributed by atoms with van der Waals surface area (Å²) in [5, 5.41) is 2.83. The highest BCUT2D eigenvalue weighted by Gasteiger charge is 2.11. The summed E-state index contributed by atoms with van der Waals surface area (Å²) in [5.74, 6) is 0.339. The molecule has 3 rings (SSSR count). The summed E-state index contributed by atoms with van der Waals surface area (Å²) in [4.78, 5) is 25.0. The lowest BCUT2D eigenvalue weighted by Gasteiger charge is -2.28. The molecule has 130 valence electrons. The number of anilines is 2. The lowest BCUT2D eigenvalue weighted by atomic mass is 10.1. The molecule has 0 unspecified atom stereocenters. The Balaban J connectivity index is 1.49. The van der Waals surface area contributed by atoms with Crippen molar-refractivity contribution in [2.75, 3.05) is 29.9 Å². The van der Waals surface area contributed by atoms with Gasteiger partial charge in [-0.3, -0.25) is 9.59 Å². The van der Waals surface area contributed by atoms with Crippen molar-refractivity contribution in [3.05, 3.63) is 54.1 Å². The van der Waals surface area contributed by atoms with Gasteiger partial charge in [-0.25, -0.2) is 0 Å². The molecule has 1 fully saturated rings. The third-order valence-electron chi connectivity index (χ3n) is 4.26. The molecular weight excluding hydrogens is 316 g/mol. The molecule has 0 radical (unpaired) electrons. The largest absolute Gasteiger partial charge is 0.484 e. The van der Waals surface area contributed by atoms with Crippen LogP contribution in [0.1, 0.15) is 29.6 Å². The van der Waals surface area contributed by atoms with Gasteiger partial charge < -0.3 is 15.0 Å². The van der Waals surface area contributed by atoms with Gasteiger partial charge in [0.05, 0.1) is 0 Å². The molecule has 2 aromatic carbocycles. The Morgan fingerprint density at radius 2 is 1.68 bits per heavy atom. The third kappa shape index (κ3) is 4.83. The fourth-order valence-corrected chi connectivity index (χ4v) is 2.90. The molecule has 5 heteroatoms. The van der Waals surface area contributed by atoms with Crippen molar-refractivity contribution in [3.8, 4) is 5.75 Å². The van der Waals surface area contributed by atoms with E-state index in [0.717, 1.165) is 25.1 Å². The minimum Gasteiger partial charge on any atom is -0.484 e. The highest BCUT2D eigenvalue weighted by atomic mass is 16.5. The number of carbonyl (C=O) groups excluding carboxylic acids is 2. The molecular formula is C20H22N2O3. The number of nitrogens with zero attached hydrogens (tertiary/aromatic N) is 1. The number of nitrogens with one attached hydrogen (secondary N) is 1. The van der Waals surface area contributed by atoms with Crippen molar-refractivity contribution in [2.24, 2.45) is 0 Å². The summed E-state index contributed by atoms with van der Waals surface area (Å²) < 4.78 is 5.42. The number of hydrogen-bond acceptors (Lipinski definition) is 4. The predicted molar refractivity (Wildman–Crippen MR) is 98.5 cm³/mol. The maximum absolute atomic E-state index is 12.0. The van der Waals surface area contributed by atoms with E-state index in [1.54, 1.807) is 24.3 Å². The van der Waals surface area contributed by atoms with Crippen LogP contribution in [0, 0.1) is 0 Å². The van der Waals surface area contributed by atoms with Crippen molar-refractivity contribution in [1.82, 2.24) is 0 Å². The maximum atomic E-state index is 12.0. The number of benzene rings is 2. The number of piperidine rings is 1. The maximum Gasteiger partial charge on any atom is 0.262 e. The van der Waals surface area contributed by atoms with Crippen molar-refractivity contribution >= 4 is 23.6 Å². The Labute approximate surface area is 147 Å². The summed E-state index contributed by atoms with van der Waals surface area (Å²) in [6.45, 7) is 2.12. The van der Waals surface area contributed by atoms with Crippen LogP contribution in [-0.4, -0.2) is 31.9 Å². The molecule has 1 amide bonds. The molecule has 0 saturated carbocycles. The lowest BCUT2D eigenvalue weighted by Crippen LogP contribution is -2.29. The normalized spacial score (nSPS) is 14.0. The standard InChI is InChI=1S/C20H22N2O3/c23-14-16-4-10-19(11-5-16)25-15-20(24)21-17-6-8-18(9-7-17)22-12-2-1-3-13-22/h4-11,14H,1-3,12-13,15H2,(H,21,24). The van der Waals surface area contributed by atoms with E-state index in [0.29, 0.717) is 11.3 Å². The second kappa shape index (κ2) is 8.33. The molecule has 2 aromatic rings. The smallest absolute Gasteiger partial charge is 0.262 e. The van der Waals surface area contributed by atoms with E-state index in [1.807, 2.05) is 24.3 Å². The highest BCUT2D eigenvalue weighted by molar-refractivity contribution is 5.92. The first-order chi connectivity index (χ1) is 12.2. The van der Waals surface area contributed by atoms with E-state index in [-0.39, 0.29) is 12.5 Å². The number of aldehydes is 1. The Morgan fingerprint density at radius 1 is 1.00 bits per heavy atom. The second-order valence-corrected chi connectivity index (χ2v) is 6.12. The van der Waals surface area contributed by atoms with Gasteiger partial charge in [0.25, 0.3) is 5.91 Å². The fourth-order valence-electron chi connectivity index (χ4n) is 2.90. The molecule has 1 saturated heterocycles. The quantitative estimate of drug-likeness (QED) is 0.819. The number of ether oxygens (including phenoxy) is 1.